The number of aromatic nitrogens is 3. The number of aryl methyl sites for hydroxylation is 1. The van der Waals surface area contributed by atoms with E-state index in [1.165, 1.54) is 0 Å². The number of hydrogen-bond donors (Lipinski definition) is 2. The molecule has 1 heterocycles. The van der Waals surface area contributed by atoms with E-state index in [1.807, 2.05) is 37.7 Å². The molecule has 1 aliphatic rings. The van der Waals surface area contributed by atoms with Gasteiger partial charge in [-0.15, -0.1) is 0 Å². The zero-order chi connectivity index (χ0) is 16.3. The first-order valence-corrected chi connectivity index (χ1v) is 7.51. The maximum Gasteiger partial charge on any atom is 0.317 e. The van der Waals surface area contributed by atoms with Crippen LogP contribution in [0, 0.1) is 6.92 Å². The molecule has 0 spiro atoms. The Morgan fingerprint density at radius 2 is 2.00 bits per heavy atom. The van der Waals surface area contributed by atoms with Gasteiger partial charge in [0.05, 0.1) is 6.54 Å². The largest absolute Gasteiger partial charge is 0.480 e. The van der Waals surface area contributed by atoms with Crippen LogP contribution in [0.4, 0.5) is 11.9 Å². The lowest BCUT2D eigenvalue weighted by Crippen LogP contribution is -2.51. The first-order chi connectivity index (χ1) is 10.4. The molecule has 122 valence electrons. The third-order valence-corrected chi connectivity index (χ3v) is 3.84. The molecule has 0 radical (unpaired) electrons. The van der Waals surface area contributed by atoms with Crippen molar-refractivity contribution in [3.8, 4) is 0 Å². The normalized spacial score (nSPS) is 20.6. The summed E-state index contributed by atoms with van der Waals surface area (Å²) in [5, 5.41) is 12.2. The van der Waals surface area contributed by atoms with Crippen LogP contribution in [0.5, 0.6) is 0 Å². The van der Waals surface area contributed by atoms with Gasteiger partial charge in [-0.1, -0.05) is 6.92 Å². The predicted octanol–water partition coefficient (Wildman–Crippen LogP) is 0.595. The minimum Gasteiger partial charge on any atom is -0.480 e. The van der Waals surface area contributed by atoms with Crippen molar-refractivity contribution in [3.63, 3.8) is 0 Å². The van der Waals surface area contributed by atoms with Crippen molar-refractivity contribution >= 4 is 17.9 Å². The van der Waals surface area contributed by atoms with Crippen molar-refractivity contribution in [1.29, 1.82) is 0 Å². The van der Waals surface area contributed by atoms with Gasteiger partial charge in [0.1, 0.15) is 5.82 Å². The van der Waals surface area contributed by atoms with E-state index >= 15 is 0 Å². The maximum absolute atomic E-state index is 10.8. The number of carboxylic acid groups (broad SMARTS) is 1. The quantitative estimate of drug-likeness (QED) is 0.756. The molecular weight excluding hydrogens is 284 g/mol. The van der Waals surface area contributed by atoms with E-state index in [-0.39, 0.29) is 12.6 Å². The highest BCUT2D eigenvalue weighted by atomic mass is 16.4. The first kappa shape index (κ1) is 16.4. The zero-order valence-corrected chi connectivity index (χ0v) is 13.6. The Labute approximate surface area is 130 Å². The molecule has 1 fully saturated rings. The second kappa shape index (κ2) is 6.87. The molecule has 0 atom stereocenters. The first-order valence-electron chi connectivity index (χ1n) is 7.51. The van der Waals surface area contributed by atoms with Crippen molar-refractivity contribution in [3.05, 3.63) is 5.82 Å². The standard InChI is InChI=1S/C14H24N6O2/c1-5-20(8-12(21)22)11-6-10(7-11)17-13-15-9(2)16-14(18-13)19(3)4/h10-11H,5-8H2,1-4H3,(H,21,22)(H,15,16,17,18). The van der Waals surface area contributed by atoms with Crippen LogP contribution in [0.1, 0.15) is 25.6 Å². The van der Waals surface area contributed by atoms with Gasteiger partial charge in [-0.2, -0.15) is 15.0 Å². The molecule has 1 aromatic heterocycles. The van der Waals surface area contributed by atoms with Crippen LogP contribution in [-0.4, -0.2) is 70.2 Å². The van der Waals surface area contributed by atoms with Gasteiger partial charge in [-0.25, -0.2) is 0 Å². The molecule has 0 aromatic carbocycles. The maximum atomic E-state index is 10.8. The summed E-state index contributed by atoms with van der Waals surface area (Å²) in [4.78, 5) is 27.6. The number of carbonyl (C=O) groups is 1. The molecule has 0 unspecified atom stereocenters. The molecule has 1 aliphatic carbocycles. The predicted molar refractivity (Wildman–Crippen MR) is 84.2 cm³/mol. The Balaban J connectivity index is 1.91. The highest BCUT2D eigenvalue weighted by molar-refractivity contribution is 5.69. The van der Waals surface area contributed by atoms with E-state index < -0.39 is 5.97 Å². The van der Waals surface area contributed by atoms with E-state index in [0.717, 1.165) is 19.4 Å². The summed E-state index contributed by atoms with van der Waals surface area (Å²) in [7, 11) is 3.78. The third-order valence-electron chi connectivity index (χ3n) is 3.84. The number of nitrogens with zero attached hydrogens (tertiary/aromatic N) is 5. The zero-order valence-electron chi connectivity index (χ0n) is 13.6. The summed E-state index contributed by atoms with van der Waals surface area (Å²) in [5.74, 6) is 1.12. The van der Waals surface area contributed by atoms with E-state index in [2.05, 4.69) is 20.3 Å². The van der Waals surface area contributed by atoms with Gasteiger partial charge in [0.2, 0.25) is 11.9 Å². The van der Waals surface area contributed by atoms with Crippen molar-refractivity contribution in [1.82, 2.24) is 19.9 Å². The average molecular weight is 308 g/mol. The average Bonchev–Trinajstić information content (AvgIpc) is 2.39. The fourth-order valence-electron chi connectivity index (χ4n) is 2.59. The molecule has 0 aliphatic heterocycles. The summed E-state index contributed by atoms with van der Waals surface area (Å²) in [6.07, 6.45) is 1.81. The smallest absolute Gasteiger partial charge is 0.317 e. The molecule has 1 saturated carbocycles. The molecule has 0 amide bonds. The Hall–Kier alpha value is -1.96. The van der Waals surface area contributed by atoms with Crippen molar-refractivity contribution in [2.24, 2.45) is 0 Å². The number of nitrogens with one attached hydrogen (secondary N) is 1. The number of anilines is 2. The highest BCUT2D eigenvalue weighted by Crippen LogP contribution is 2.27. The fourth-order valence-corrected chi connectivity index (χ4v) is 2.59. The molecule has 1 aromatic rings. The summed E-state index contributed by atoms with van der Waals surface area (Å²) in [6.45, 7) is 4.68. The van der Waals surface area contributed by atoms with Gasteiger partial charge in [0.15, 0.2) is 0 Å². The minimum atomic E-state index is -0.776. The van der Waals surface area contributed by atoms with Gasteiger partial charge >= 0.3 is 5.97 Å². The highest BCUT2D eigenvalue weighted by Gasteiger charge is 2.34. The van der Waals surface area contributed by atoms with Crippen LogP contribution in [-0.2, 0) is 4.79 Å². The van der Waals surface area contributed by atoms with Gasteiger partial charge in [0.25, 0.3) is 0 Å². The van der Waals surface area contributed by atoms with E-state index in [1.54, 1.807) is 0 Å². The third kappa shape index (κ3) is 4.03. The number of likely N-dealkylation sites (N-methyl/N-ethyl adjacent to an activating group) is 1. The lowest BCUT2D eigenvalue weighted by Gasteiger charge is -2.42. The van der Waals surface area contributed by atoms with Crippen LogP contribution in [0.15, 0.2) is 0 Å². The molecular formula is C14H24N6O2. The fraction of sp³-hybridized carbons (Fsp3) is 0.714. The Bertz CT molecular complexity index is 530. The number of hydrogen-bond acceptors (Lipinski definition) is 7. The van der Waals surface area contributed by atoms with E-state index in [0.29, 0.717) is 23.8 Å². The van der Waals surface area contributed by atoms with Crippen LogP contribution in [0.25, 0.3) is 0 Å². The second-order valence-electron chi connectivity index (χ2n) is 5.82. The van der Waals surface area contributed by atoms with Crippen LogP contribution >= 0.6 is 0 Å². The number of rotatable bonds is 7. The molecule has 2 N–H and O–H groups in total. The summed E-state index contributed by atoms with van der Waals surface area (Å²) in [5.41, 5.74) is 0. The van der Waals surface area contributed by atoms with Crippen molar-refractivity contribution in [2.45, 2.75) is 38.8 Å². The lowest BCUT2D eigenvalue weighted by atomic mass is 9.85. The molecule has 8 nitrogen and oxygen atoms in total. The summed E-state index contributed by atoms with van der Waals surface area (Å²) in [6, 6.07) is 0.597. The van der Waals surface area contributed by atoms with E-state index in [4.69, 9.17) is 5.11 Å². The molecule has 22 heavy (non-hydrogen) atoms. The molecule has 0 saturated heterocycles. The molecule has 0 bridgehead atoms. The Morgan fingerprint density at radius 3 is 2.55 bits per heavy atom. The Kier molecular flexibility index (Phi) is 5.12. The Morgan fingerprint density at radius 1 is 1.32 bits per heavy atom. The van der Waals surface area contributed by atoms with Gasteiger partial charge in [-0.3, -0.25) is 9.69 Å². The minimum absolute atomic E-state index is 0.101. The van der Waals surface area contributed by atoms with Gasteiger partial charge in [0, 0.05) is 26.2 Å². The van der Waals surface area contributed by atoms with Gasteiger partial charge in [-0.05, 0) is 26.3 Å². The topological polar surface area (TPSA) is 94.5 Å². The molecule has 2 rings (SSSR count). The summed E-state index contributed by atoms with van der Waals surface area (Å²) < 4.78 is 0. The van der Waals surface area contributed by atoms with Crippen molar-refractivity contribution in [2.75, 3.05) is 37.4 Å². The van der Waals surface area contributed by atoms with E-state index in [9.17, 15) is 4.79 Å². The monoisotopic (exact) mass is 308 g/mol. The lowest BCUT2D eigenvalue weighted by molar-refractivity contribution is -0.139. The SMILES string of the molecule is CCN(CC(=O)O)C1CC(Nc2nc(C)nc(N(C)C)n2)C1. The second-order valence-corrected chi connectivity index (χ2v) is 5.82. The van der Waals surface area contributed by atoms with Crippen LogP contribution in [0.3, 0.4) is 0 Å². The van der Waals surface area contributed by atoms with Crippen molar-refractivity contribution < 1.29 is 9.90 Å². The molecule has 8 heteroatoms. The van der Waals surface area contributed by atoms with Crippen LogP contribution < -0.4 is 10.2 Å². The number of carboxylic acids is 1. The van der Waals surface area contributed by atoms with Crippen LogP contribution in [0.2, 0.25) is 0 Å². The summed E-state index contributed by atoms with van der Waals surface area (Å²) >= 11 is 0. The van der Waals surface area contributed by atoms with Gasteiger partial charge < -0.3 is 15.3 Å². The number of aliphatic carboxylic acids is 1.